The summed E-state index contributed by atoms with van der Waals surface area (Å²) in [6, 6.07) is 0. The van der Waals surface area contributed by atoms with Crippen LogP contribution < -0.4 is 0 Å². The minimum absolute atomic E-state index is 0.332. The average Bonchev–Trinajstić information content (AvgIpc) is 2.46. The Morgan fingerprint density at radius 3 is 1.65 bits per heavy atom. The molecule has 1 N–H and O–H groups in total. The molecule has 0 spiro atoms. The summed E-state index contributed by atoms with van der Waals surface area (Å²) in [7, 11) is -4.65. The summed E-state index contributed by atoms with van der Waals surface area (Å²) in [5.74, 6) is -1.37. The second-order valence-corrected chi connectivity index (χ2v) is 5.33. The van der Waals surface area contributed by atoms with Crippen LogP contribution in [0.5, 0.6) is 0 Å². The van der Waals surface area contributed by atoms with Crippen molar-refractivity contribution >= 4 is 19.8 Å². The third-order valence-electron chi connectivity index (χ3n) is 1.87. The van der Waals surface area contributed by atoms with Gasteiger partial charge in [0, 0.05) is 12.2 Å². The summed E-state index contributed by atoms with van der Waals surface area (Å²) in [6.07, 6.45) is 0.400. The maximum Gasteiger partial charge on any atom is 0.526 e. The first kappa shape index (κ1) is 21.4. The molecule has 0 aliphatic heterocycles. The zero-order valence-corrected chi connectivity index (χ0v) is 13.6. The molecule has 0 rings (SSSR count). The maximum atomic E-state index is 11.3. The lowest BCUT2D eigenvalue weighted by Crippen LogP contribution is -2.20. The minimum atomic E-state index is -4.65. The van der Waals surface area contributed by atoms with Crippen LogP contribution >= 0.6 is 7.82 Å². The highest BCUT2D eigenvalue weighted by Gasteiger charge is 2.26. The van der Waals surface area contributed by atoms with Crippen molar-refractivity contribution in [3.8, 4) is 0 Å². The van der Waals surface area contributed by atoms with Gasteiger partial charge in [-0.1, -0.05) is 13.2 Å². The zero-order valence-electron chi connectivity index (χ0n) is 12.7. The van der Waals surface area contributed by atoms with Crippen molar-refractivity contribution in [2.45, 2.75) is 26.1 Å². The number of carbonyl (C=O) groups is 2. The van der Waals surface area contributed by atoms with Gasteiger partial charge in [-0.3, -0.25) is 4.89 Å². The summed E-state index contributed by atoms with van der Waals surface area (Å²) in [5.41, 5.74) is 0. The standard InChI is InChI=1S/C12H19O10P/c1-5-11(13)19-9(3)7-17-21-23(15,16)22-18-8-10(4)20-12(14)6-2/h5-6,9-10H,1-2,7-8H2,3-4H3,(H,15,16). The smallest absolute Gasteiger partial charge is 0.457 e. The molecule has 23 heavy (non-hydrogen) atoms. The Hall–Kier alpha value is -1.55. The van der Waals surface area contributed by atoms with Crippen LogP contribution in [-0.2, 0) is 42.8 Å². The molecule has 0 bridgehead atoms. The second kappa shape index (κ2) is 11.1. The molecular weight excluding hydrogens is 335 g/mol. The van der Waals surface area contributed by atoms with Gasteiger partial charge in [0.1, 0.15) is 25.4 Å². The highest BCUT2D eigenvalue weighted by molar-refractivity contribution is 7.47. The predicted molar refractivity (Wildman–Crippen MR) is 75.4 cm³/mol. The van der Waals surface area contributed by atoms with E-state index in [1.54, 1.807) is 0 Å². The van der Waals surface area contributed by atoms with Gasteiger partial charge in [0.25, 0.3) is 0 Å². The summed E-state index contributed by atoms with van der Waals surface area (Å²) < 4.78 is 29.0. The van der Waals surface area contributed by atoms with Crippen molar-refractivity contribution in [1.29, 1.82) is 0 Å². The van der Waals surface area contributed by atoms with Crippen molar-refractivity contribution in [2.24, 2.45) is 0 Å². The largest absolute Gasteiger partial charge is 0.526 e. The number of hydrogen-bond acceptors (Lipinski definition) is 9. The normalized spacial score (nSPS) is 15.8. The van der Waals surface area contributed by atoms with Crippen molar-refractivity contribution in [3.05, 3.63) is 25.3 Å². The Kier molecular flexibility index (Phi) is 10.3. The van der Waals surface area contributed by atoms with Gasteiger partial charge in [-0.25, -0.2) is 23.9 Å². The number of rotatable bonds is 12. The number of ether oxygens (including phenoxy) is 2. The van der Waals surface area contributed by atoms with Crippen LogP contribution in [0.25, 0.3) is 0 Å². The van der Waals surface area contributed by atoms with E-state index in [2.05, 4.69) is 32.3 Å². The molecule has 0 heterocycles. The first-order chi connectivity index (χ1) is 10.7. The molecule has 0 aliphatic rings. The topological polar surface area (TPSA) is 127 Å². The third kappa shape index (κ3) is 11.6. The molecule has 11 heteroatoms. The molecule has 2 unspecified atom stereocenters. The lowest BCUT2D eigenvalue weighted by molar-refractivity contribution is -0.290. The van der Waals surface area contributed by atoms with Crippen LogP contribution in [0.15, 0.2) is 25.3 Å². The summed E-state index contributed by atoms with van der Waals surface area (Å²) in [5, 5.41) is 0. The van der Waals surface area contributed by atoms with Gasteiger partial charge in [-0.2, -0.15) is 0 Å². The lowest BCUT2D eigenvalue weighted by Gasteiger charge is -2.14. The van der Waals surface area contributed by atoms with Gasteiger partial charge in [0.05, 0.1) is 0 Å². The Bertz CT molecular complexity index is 425. The van der Waals surface area contributed by atoms with E-state index >= 15 is 0 Å². The number of esters is 2. The first-order valence-electron chi connectivity index (χ1n) is 6.31. The Morgan fingerprint density at radius 2 is 1.35 bits per heavy atom. The van der Waals surface area contributed by atoms with Gasteiger partial charge in [0.15, 0.2) is 0 Å². The lowest BCUT2D eigenvalue weighted by atomic mass is 10.4. The van der Waals surface area contributed by atoms with Crippen LogP contribution in [0, 0.1) is 0 Å². The highest BCUT2D eigenvalue weighted by Crippen LogP contribution is 2.43. The number of carbonyl (C=O) groups excluding carboxylic acids is 2. The van der Waals surface area contributed by atoms with E-state index in [9.17, 15) is 19.0 Å². The van der Waals surface area contributed by atoms with Crippen LogP contribution in [0.3, 0.4) is 0 Å². The number of hydrogen-bond donors (Lipinski definition) is 1. The Morgan fingerprint density at radius 1 is 1.00 bits per heavy atom. The molecule has 0 fully saturated rings. The predicted octanol–water partition coefficient (Wildman–Crippen LogP) is 1.22. The molecule has 0 saturated heterocycles. The Labute approximate surface area is 133 Å². The van der Waals surface area contributed by atoms with Gasteiger partial charge < -0.3 is 9.47 Å². The fourth-order valence-corrected chi connectivity index (χ4v) is 1.37. The van der Waals surface area contributed by atoms with Crippen LogP contribution in [0.4, 0.5) is 0 Å². The van der Waals surface area contributed by atoms with E-state index < -0.39 is 32.0 Å². The zero-order chi connectivity index (χ0) is 17.9. The van der Waals surface area contributed by atoms with Crippen LogP contribution in [0.1, 0.15) is 13.8 Å². The summed E-state index contributed by atoms with van der Waals surface area (Å²) in [6.45, 7) is 8.65. The molecular formula is C12H19O10P. The molecule has 0 saturated carbocycles. The third-order valence-corrected chi connectivity index (χ3v) is 2.45. The van der Waals surface area contributed by atoms with Crippen molar-refractivity contribution in [3.63, 3.8) is 0 Å². The molecule has 10 nitrogen and oxygen atoms in total. The first-order valence-corrected chi connectivity index (χ1v) is 7.81. The van der Waals surface area contributed by atoms with E-state index in [-0.39, 0.29) is 13.2 Å². The average molecular weight is 354 g/mol. The van der Waals surface area contributed by atoms with E-state index in [0.29, 0.717) is 0 Å². The van der Waals surface area contributed by atoms with Crippen molar-refractivity contribution in [2.75, 3.05) is 13.2 Å². The van der Waals surface area contributed by atoms with Gasteiger partial charge in [-0.15, -0.1) is 9.35 Å². The molecule has 0 radical (unpaired) electrons. The molecule has 0 aromatic rings. The SMILES string of the molecule is C=CC(=O)OC(C)COOP(=O)(O)OOCC(C)OC(=O)C=C. The van der Waals surface area contributed by atoms with Gasteiger partial charge in [0.2, 0.25) is 0 Å². The van der Waals surface area contributed by atoms with Crippen molar-refractivity contribution < 1.29 is 47.6 Å². The van der Waals surface area contributed by atoms with E-state index in [1.165, 1.54) is 13.8 Å². The van der Waals surface area contributed by atoms with Gasteiger partial charge >= 0.3 is 19.8 Å². The molecule has 2 atom stereocenters. The quantitative estimate of drug-likeness (QED) is 0.180. The fourth-order valence-electron chi connectivity index (χ4n) is 0.959. The Balaban J connectivity index is 3.94. The van der Waals surface area contributed by atoms with Gasteiger partial charge in [-0.05, 0) is 13.8 Å². The highest BCUT2D eigenvalue weighted by atomic mass is 31.2. The minimum Gasteiger partial charge on any atom is -0.457 e. The summed E-state index contributed by atoms with van der Waals surface area (Å²) >= 11 is 0. The second-order valence-electron chi connectivity index (χ2n) is 4.09. The number of phosphoric acid groups is 1. The summed E-state index contributed by atoms with van der Waals surface area (Å²) in [4.78, 5) is 39.8. The monoisotopic (exact) mass is 354 g/mol. The van der Waals surface area contributed by atoms with Crippen LogP contribution in [-0.4, -0.2) is 42.3 Å². The van der Waals surface area contributed by atoms with E-state index in [1.807, 2.05) is 0 Å². The molecule has 0 aromatic heterocycles. The van der Waals surface area contributed by atoms with Crippen LogP contribution in [0.2, 0.25) is 0 Å². The van der Waals surface area contributed by atoms with E-state index in [4.69, 9.17) is 9.47 Å². The molecule has 0 aliphatic carbocycles. The fraction of sp³-hybridized carbons (Fsp3) is 0.500. The maximum absolute atomic E-state index is 11.3. The molecule has 0 amide bonds. The van der Waals surface area contributed by atoms with E-state index in [0.717, 1.165) is 12.2 Å². The molecule has 132 valence electrons. The molecule has 0 aromatic carbocycles. The van der Waals surface area contributed by atoms with Crippen molar-refractivity contribution in [1.82, 2.24) is 0 Å².